The van der Waals surface area contributed by atoms with Crippen molar-refractivity contribution in [1.29, 1.82) is 0 Å². The van der Waals surface area contributed by atoms with Crippen LogP contribution in [0.1, 0.15) is 37.0 Å². The molecule has 4 nitrogen and oxygen atoms in total. The van der Waals surface area contributed by atoms with Gasteiger partial charge in [0.2, 0.25) is 0 Å². The fraction of sp³-hybridized carbons (Fsp3) is 0.462. The lowest BCUT2D eigenvalue weighted by Crippen LogP contribution is -2.08. The highest BCUT2D eigenvalue weighted by atomic mass is 35.7. The van der Waals surface area contributed by atoms with Gasteiger partial charge in [0.1, 0.15) is 4.90 Å². The molecule has 0 aliphatic rings. The second-order valence-corrected chi connectivity index (χ2v) is 7.70. The number of esters is 1. The van der Waals surface area contributed by atoms with Gasteiger partial charge in [-0.2, -0.15) is 0 Å². The van der Waals surface area contributed by atoms with Crippen LogP contribution in [0.5, 0.6) is 0 Å². The lowest BCUT2D eigenvalue weighted by Gasteiger charge is -2.07. The van der Waals surface area contributed by atoms with E-state index in [-0.39, 0.29) is 15.5 Å². The van der Waals surface area contributed by atoms with Crippen LogP contribution in [0.3, 0.4) is 0 Å². The smallest absolute Gasteiger partial charge is 0.338 e. The van der Waals surface area contributed by atoms with E-state index in [1.54, 1.807) is 0 Å². The molecule has 0 amide bonds. The van der Waals surface area contributed by atoms with Gasteiger partial charge >= 0.3 is 5.97 Å². The standard InChI is InChI=1S/C13H16Cl2O4S/c1-9(2)4-3-7-19-13(16)10-5-6-11(14)12(8-10)20(15,17)18/h5-6,8-9H,3-4,7H2,1-2H3. The van der Waals surface area contributed by atoms with Gasteiger partial charge in [-0.05, 0) is 37.0 Å². The molecule has 0 aliphatic carbocycles. The molecule has 0 atom stereocenters. The summed E-state index contributed by atoms with van der Waals surface area (Å²) in [6.45, 7) is 4.46. The van der Waals surface area contributed by atoms with Crippen LogP contribution >= 0.6 is 22.3 Å². The van der Waals surface area contributed by atoms with E-state index in [1.807, 2.05) is 0 Å². The summed E-state index contributed by atoms with van der Waals surface area (Å²) in [5.74, 6) is -0.0517. The van der Waals surface area contributed by atoms with Crippen molar-refractivity contribution in [2.24, 2.45) is 5.92 Å². The van der Waals surface area contributed by atoms with E-state index in [1.165, 1.54) is 12.1 Å². The van der Waals surface area contributed by atoms with Crippen molar-refractivity contribution in [2.45, 2.75) is 31.6 Å². The van der Waals surface area contributed by atoms with Crippen LogP contribution in [0, 0.1) is 5.92 Å². The number of carbonyl (C=O) groups is 1. The van der Waals surface area contributed by atoms with Crippen LogP contribution < -0.4 is 0 Å². The zero-order valence-electron chi connectivity index (χ0n) is 11.2. The van der Waals surface area contributed by atoms with Gasteiger partial charge in [0.15, 0.2) is 0 Å². The highest BCUT2D eigenvalue weighted by molar-refractivity contribution is 8.13. The number of rotatable bonds is 6. The van der Waals surface area contributed by atoms with Crippen LogP contribution in [0.25, 0.3) is 0 Å². The maximum absolute atomic E-state index is 11.8. The Hall–Kier alpha value is -0.780. The Balaban J connectivity index is 2.75. The molecule has 0 saturated carbocycles. The van der Waals surface area contributed by atoms with Crippen molar-refractivity contribution in [1.82, 2.24) is 0 Å². The lowest BCUT2D eigenvalue weighted by atomic mass is 10.1. The summed E-state index contributed by atoms with van der Waals surface area (Å²) in [5.41, 5.74) is 0.109. The molecule has 0 heterocycles. The Morgan fingerprint density at radius 2 is 2.00 bits per heavy atom. The molecule has 112 valence electrons. The molecule has 0 spiro atoms. The first kappa shape index (κ1) is 17.3. The summed E-state index contributed by atoms with van der Waals surface area (Å²) >= 11 is 5.73. The zero-order chi connectivity index (χ0) is 15.3. The van der Waals surface area contributed by atoms with Crippen molar-refractivity contribution >= 4 is 37.3 Å². The third kappa shape index (κ3) is 5.31. The predicted molar refractivity (Wildman–Crippen MR) is 78.8 cm³/mol. The van der Waals surface area contributed by atoms with Gasteiger partial charge < -0.3 is 4.74 Å². The summed E-state index contributed by atoms with van der Waals surface area (Å²) < 4.78 is 27.7. The summed E-state index contributed by atoms with van der Waals surface area (Å²) in [4.78, 5) is 11.5. The van der Waals surface area contributed by atoms with E-state index in [4.69, 9.17) is 27.0 Å². The van der Waals surface area contributed by atoms with Crippen LogP contribution in [0.15, 0.2) is 23.1 Å². The third-order valence-electron chi connectivity index (χ3n) is 2.59. The van der Waals surface area contributed by atoms with E-state index < -0.39 is 15.0 Å². The van der Waals surface area contributed by atoms with Crippen molar-refractivity contribution in [3.8, 4) is 0 Å². The van der Waals surface area contributed by atoms with Crippen LogP contribution in [-0.4, -0.2) is 21.0 Å². The first-order chi connectivity index (χ1) is 9.21. The topological polar surface area (TPSA) is 60.4 Å². The molecule has 0 radical (unpaired) electrons. The molecule has 0 bridgehead atoms. The quantitative estimate of drug-likeness (QED) is 0.449. The molecule has 1 rings (SSSR count). The molecule has 0 saturated heterocycles. The molecule has 20 heavy (non-hydrogen) atoms. The van der Waals surface area contributed by atoms with Gasteiger partial charge in [-0.15, -0.1) is 0 Å². The lowest BCUT2D eigenvalue weighted by molar-refractivity contribution is 0.0494. The van der Waals surface area contributed by atoms with E-state index in [9.17, 15) is 13.2 Å². The highest BCUT2D eigenvalue weighted by Gasteiger charge is 2.18. The zero-order valence-corrected chi connectivity index (χ0v) is 13.6. The third-order valence-corrected chi connectivity index (χ3v) is 4.39. The van der Waals surface area contributed by atoms with Crippen molar-refractivity contribution in [3.05, 3.63) is 28.8 Å². The number of hydrogen-bond acceptors (Lipinski definition) is 4. The fourth-order valence-corrected chi connectivity index (χ4v) is 3.05. The molecule has 0 unspecified atom stereocenters. The summed E-state index contributed by atoms with van der Waals surface area (Å²) in [6.07, 6.45) is 1.72. The van der Waals surface area contributed by atoms with Crippen LogP contribution in [-0.2, 0) is 13.8 Å². The first-order valence-corrected chi connectivity index (χ1v) is 8.82. The number of halogens is 2. The van der Waals surface area contributed by atoms with Crippen LogP contribution in [0.2, 0.25) is 5.02 Å². The van der Waals surface area contributed by atoms with Crippen LogP contribution in [0.4, 0.5) is 0 Å². The van der Waals surface area contributed by atoms with Gasteiger partial charge in [0.25, 0.3) is 9.05 Å². The summed E-state index contributed by atoms with van der Waals surface area (Å²) in [5, 5.41) is -0.0312. The maximum atomic E-state index is 11.8. The van der Waals surface area contributed by atoms with Gasteiger partial charge in [0.05, 0.1) is 17.2 Å². The van der Waals surface area contributed by atoms with E-state index >= 15 is 0 Å². The van der Waals surface area contributed by atoms with Crippen molar-refractivity contribution < 1.29 is 17.9 Å². The second kappa shape index (κ2) is 7.29. The Morgan fingerprint density at radius 1 is 1.35 bits per heavy atom. The largest absolute Gasteiger partial charge is 0.462 e. The van der Waals surface area contributed by atoms with Gasteiger partial charge in [-0.3, -0.25) is 0 Å². The Labute approximate surface area is 128 Å². The van der Waals surface area contributed by atoms with Gasteiger partial charge in [0, 0.05) is 10.7 Å². The molecule has 1 aromatic carbocycles. The Kier molecular flexibility index (Phi) is 6.30. The number of hydrogen-bond donors (Lipinski definition) is 0. The molecule has 7 heteroatoms. The monoisotopic (exact) mass is 338 g/mol. The molecule has 0 fully saturated rings. The summed E-state index contributed by atoms with van der Waals surface area (Å²) in [6, 6.07) is 3.83. The fourth-order valence-electron chi connectivity index (χ4n) is 1.56. The highest BCUT2D eigenvalue weighted by Crippen LogP contribution is 2.26. The molecule has 0 N–H and O–H groups in total. The Bertz CT molecular complexity index is 582. The maximum Gasteiger partial charge on any atom is 0.338 e. The minimum Gasteiger partial charge on any atom is -0.462 e. The number of carbonyl (C=O) groups excluding carboxylic acids is 1. The minimum atomic E-state index is -3.99. The molecule has 0 aromatic heterocycles. The SMILES string of the molecule is CC(C)CCCOC(=O)c1ccc(Cl)c(S(=O)(=O)Cl)c1. The van der Waals surface area contributed by atoms with Gasteiger partial charge in [-0.1, -0.05) is 25.4 Å². The minimum absolute atomic E-state index is 0.0312. The average molecular weight is 339 g/mol. The average Bonchev–Trinajstić information content (AvgIpc) is 2.33. The Morgan fingerprint density at radius 3 is 2.55 bits per heavy atom. The number of benzene rings is 1. The molecular weight excluding hydrogens is 323 g/mol. The first-order valence-electron chi connectivity index (χ1n) is 6.13. The van der Waals surface area contributed by atoms with Crippen molar-refractivity contribution in [3.63, 3.8) is 0 Å². The normalized spacial score (nSPS) is 11.7. The predicted octanol–water partition coefficient (Wildman–Crippen LogP) is 3.86. The van der Waals surface area contributed by atoms with E-state index in [2.05, 4.69) is 13.8 Å². The molecular formula is C13H16Cl2O4S. The van der Waals surface area contributed by atoms with Crippen molar-refractivity contribution in [2.75, 3.05) is 6.61 Å². The number of ether oxygens (including phenoxy) is 1. The molecule has 1 aromatic rings. The van der Waals surface area contributed by atoms with Gasteiger partial charge in [-0.25, -0.2) is 13.2 Å². The van der Waals surface area contributed by atoms with E-state index in [0.29, 0.717) is 12.5 Å². The van der Waals surface area contributed by atoms with E-state index in [0.717, 1.165) is 18.9 Å². The summed E-state index contributed by atoms with van der Waals surface area (Å²) in [7, 11) is 1.24. The molecule has 0 aliphatic heterocycles. The second-order valence-electron chi connectivity index (χ2n) is 4.76.